The number of anilines is 1. The van der Waals surface area contributed by atoms with E-state index in [0.717, 1.165) is 6.07 Å². The summed E-state index contributed by atoms with van der Waals surface area (Å²) < 4.78 is 49.1. The highest BCUT2D eigenvalue weighted by Gasteiger charge is 2.39. The minimum absolute atomic E-state index is 0.00593. The Morgan fingerprint density at radius 2 is 1.83 bits per heavy atom. The molecule has 1 aromatic carbocycles. The van der Waals surface area contributed by atoms with Gasteiger partial charge in [0.1, 0.15) is 5.82 Å². The fourth-order valence-electron chi connectivity index (χ4n) is 1.17. The molecule has 0 bridgehead atoms. The number of benzene rings is 1. The first-order valence-electron chi connectivity index (χ1n) is 4.54. The molecule has 0 aromatic heterocycles. The summed E-state index contributed by atoms with van der Waals surface area (Å²) in [7, 11) is 0. The Kier molecular flexibility index (Phi) is 3.59. The zero-order valence-corrected chi connectivity index (χ0v) is 8.93. The number of carboxylic acids is 1. The molecule has 1 rings (SSSR count). The highest BCUT2D eigenvalue weighted by molar-refractivity contribution is 5.96. The van der Waals surface area contributed by atoms with E-state index in [1.54, 1.807) is 0 Å². The Hall–Kier alpha value is -2.12. The van der Waals surface area contributed by atoms with Gasteiger partial charge in [-0.15, -0.1) is 0 Å². The van der Waals surface area contributed by atoms with Crippen LogP contribution in [0, 0.1) is 12.7 Å². The van der Waals surface area contributed by atoms with Gasteiger partial charge in [-0.2, -0.15) is 13.2 Å². The van der Waals surface area contributed by atoms with Gasteiger partial charge >= 0.3 is 18.1 Å². The first-order chi connectivity index (χ1) is 8.12. The Labute approximate surface area is 98.2 Å². The maximum absolute atomic E-state index is 13.2. The van der Waals surface area contributed by atoms with Crippen LogP contribution in [-0.4, -0.2) is 23.2 Å². The van der Waals surface area contributed by atoms with Gasteiger partial charge in [0.15, 0.2) is 0 Å². The molecule has 8 heteroatoms. The van der Waals surface area contributed by atoms with Crippen molar-refractivity contribution in [3.63, 3.8) is 0 Å². The zero-order valence-electron chi connectivity index (χ0n) is 8.93. The molecule has 0 aliphatic carbocycles. The van der Waals surface area contributed by atoms with E-state index in [-0.39, 0.29) is 5.56 Å². The van der Waals surface area contributed by atoms with Crippen LogP contribution in [0.15, 0.2) is 12.1 Å². The van der Waals surface area contributed by atoms with Gasteiger partial charge < -0.3 is 10.4 Å². The first-order valence-corrected chi connectivity index (χ1v) is 4.54. The summed E-state index contributed by atoms with van der Waals surface area (Å²) in [5.74, 6) is -5.04. The molecule has 1 aromatic rings. The van der Waals surface area contributed by atoms with Crippen molar-refractivity contribution < 1.29 is 32.3 Å². The van der Waals surface area contributed by atoms with E-state index >= 15 is 0 Å². The number of aryl methyl sites for hydroxylation is 1. The van der Waals surface area contributed by atoms with Crippen LogP contribution in [0.1, 0.15) is 15.9 Å². The van der Waals surface area contributed by atoms with Gasteiger partial charge in [0.25, 0.3) is 0 Å². The van der Waals surface area contributed by atoms with Crippen molar-refractivity contribution in [3.05, 3.63) is 29.1 Å². The zero-order chi connectivity index (χ0) is 14.1. The van der Waals surface area contributed by atoms with Crippen molar-refractivity contribution in [2.24, 2.45) is 0 Å². The van der Waals surface area contributed by atoms with Gasteiger partial charge in [-0.3, -0.25) is 4.79 Å². The quantitative estimate of drug-likeness (QED) is 0.806. The van der Waals surface area contributed by atoms with Gasteiger partial charge in [-0.05, 0) is 24.6 Å². The van der Waals surface area contributed by atoms with Crippen LogP contribution in [-0.2, 0) is 4.79 Å². The number of carbonyl (C=O) groups is 2. The predicted molar refractivity (Wildman–Crippen MR) is 52.8 cm³/mol. The van der Waals surface area contributed by atoms with E-state index in [9.17, 15) is 27.2 Å². The Balaban J connectivity index is 3.10. The third-order valence-corrected chi connectivity index (χ3v) is 2.05. The van der Waals surface area contributed by atoms with Crippen LogP contribution in [0.2, 0.25) is 0 Å². The van der Waals surface area contributed by atoms with Crippen LogP contribution in [0.5, 0.6) is 0 Å². The normalized spacial score (nSPS) is 11.2. The van der Waals surface area contributed by atoms with Gasteiger partial charge in [-0.1, -0.05) is 0 Å². The highest BCUT2D eigenvalue weighted by Crippen LogP contribution is 2.23. The van der Waals surface area contributed by atoms with E-state index in [2.05, 4.69) is 0 Å². The number of hydrogen-bond donors (Lipinski definition) is 2. The molecule has 4 nitrogen and oxygen atoms in total. The summed E-state index contributed by atoms with van der Waals surface area (Å²) >= 11 is 0. The fourth-order valence-corrected chi connectivity index (χ4v) is 1.17. The second-order valence-electron chi connectivity index (χ2n) is 3.40. The number of rotatable bonds is 2. The van der Waals surface area contributed by atoms with E-state index in [1.807, 2.05) is 0 Å². The summed E-state index contributed by atoms with van der Waals surface area (Å²) in [6.45, 7) is 1.25. The molecular formula is C10H7F4NO3. The molecular weight excluding hydrogens is 258 g/mol. The maximum Gasteiger partial charge on any atom is 0.471 e. The monoisotopic (exact) mass is 265 g/mol. The average Bonchev–Trinajstić information content (AvgIpc) is 2.21. The van der Waals surface area contributed by atoms with Gasteiger partial charge in [0, 0.05) is 5.69 Å². The number of amides is 1. The molecule has 18 heavy (non-hydrogen) atoms. The van der Waals surface area contributed by atoms with Gasteiger partial charge in [0.05, 0.1) is 5.56 Å². The number of carboxylic acid groups (broad SMARTS) is 1. The van der Waals surface area contributed by atoms with Gasteiger partial charge in [-0.25, -0.2) is 9.18 Å². The summed E-state index contributed by atoms with van der Waals surface area (Å²) in [4.78, 5) is 21.2. The van der Waals surface area contributed by atoms with Crippen molar-refractivity contribution in [1.82, 2.24) is 0 Å². The third kappa shape index (κ3) is 2.96. The third-order valence-electron chi connectivity index (χ3n) is 2.05. The second kappa shape index (κ2) is 4.63. The Morgan fingerprint density at radius 3 is 2.28 bits per heavy atom. The smallest absolute Gasteiger partial charge is 0.471 e. The SMILES string of the molecule is Cc1cc(C(=O)O)c(F)cc1NC(=O)C(F)(F)F. The van der Waals surface area contributed by atoms with Crippen molar-refractivity contribution in [3.8, 4) is 0 Å². The summed E-state index contributed by atoms with van der Waals surface area (Å²) in [5.41, 5.74) is -1.11. The lowest BCUT2D eigenvalue weighted by Crippen LogP contribution is -2.30. The van der Waals surface area contributed by atoms with Crippen molar-refractivity contribution in [2.45, 2.75) is 13.1 Å². The second-order valence-corrected chi connectivity index (χ2v) is 3.40. The fraction of sp³-hybridized carbons (Fsp3) is 0.200. The number of halogens is 4. The molecule has 0 aliphatic rings. The highest BCUT2D eigenvalue weighted by atomic mass is 19.4. The average molecular weight is 265 g/mol. The maximum atomic E-state index is 13.2. The van der Waals surface area contributed by atoms with Crippen LogP contribution < -0.4 is 5.32 Å². The first kappa shape index (κ1) is 13.9. The summed E-state index contributed by atoms with van der Waals surface area (Å²) in [5, 5.41) is 10.0. The van der Waals surface area contributed by atoms with Crippen molar-refractivity contribution in [2.75, 3.05) is 5.32 Å². The molecule has 98 valence electrons. The molecule has 0 atom stereocenters. The molecule has 0 unspecified atom stereocenters. The van der Waals surface area contributed by atoms with E-state index in [1.165, 1.54) is 12.2 Å². The van der Waals surface area contributed by atoms with E-state index in [0.29, 0.717) is 6.07 Å². The van der Waals surface area contributed by atoms with Crippen molar-refractivity contribution >= 4 is 17.6 Å². The van der Waals surface area contributed by atoms with E-state index < -0.39 is 35.1 Å². The Morgan fingerprint density at radius 1 is 1.28 bits per heavy atom. The van der Waals surface area contributed by atoms with E-state index in [4.69, 9.17) is 5.11 Å². The van der Waals surface area contributed by atoms with Crippen LogP contribution in [0.4, 0.5) is 23.2 Å². The standard InChI is InChI=1S/C10H7F4NO3/c1-4-2-5(8(16)17)6(11)3-7(4)15-9(18)10(12,13)14/h2-3H,1H3,(H,15,18)(H,16,17). The van der Waals surface area contributed by atoms with Crippen LogP contribution >= 0.6 is 0 Å². The molecule has 0 spiro atoms. The molecule has 0 aliphatic heterocycles. The summed E-state index contributed by atoms with van der Waals surface area (Å²) in [6.07, 6.45) is -5.10. The number of nitrogens with one attached hydrogen (secondary N) is 1. The summed E-state index contributed by atoms with van der Waals surface area (Å²) in [6, 6.07) is 1.37. The lowest BCUT2D eigenvalue weighted by atomic mass is 10.1. The molecule has 2 N–H and O–H groups in total. The van der Waals surface area contributed by atoms with Gasteiger partial charge in [0.2, 0.25) is 0 Å². The largest absolute Gasteiger partial charge is 0.478 e. The minimum Gasteiger partial charge on any atom is -0.478 e. The van der Waals surface area contributed by atoms with Crippen molar-refractivity contribution in [1.29, 1.82) is 0 Å². The lowest BCUT2D eigenvalue weighted by molar-refractivity contribution is -0.167. The lowest BCUT2D eigenvalue weighted by Gasteiger charge is -2.11. The molecule has 0 saturated carbocycles. The molecule has 0 heterocycles. The van der Waals surface area contributed by atoms with Crippen LogP contribution in [0.25, 0.3) is 0 Å². The minimum atomic E-state index is -5.10. The Bertz CT molecular complexity index is 511. The number of aromatic carboxylic acids is 1. The molecule has 1 amide bonds. The molecule has 0 fully saturated rings. The number of carbonyl (C=O) groups excluding carboxylic acids is 1. The molecule has 0 saturated heterocycles. The topological polar surface area (TPSA) is 66.4 Å². The molecule has 0 radical (unpaired) electrons. The predicted octanol–water partition coefficient (Wildman–Crippen LogP) is 2.33. The number of alkyl halides is 3. The van der Waals surface area contributed by atoms with Crippen LogP contribution in [0.3, 0.4) is 0 Å². The number of hydrogen-bond acceptors (Lipinski definition) is 2.